The van der Waals surface area contributed by atoms with Crippen molar-refractivity contribution in [3.63, 3.8) is 0 Å². The van der Waals surface area contributed by atoms with Crippen LogP contribution >= 0.6 is 0 Å². The lowest BCUT2D eigenvalue weighted by Gasteiger charge is -2.24. The molecule has 1 aliphatic heterocycles. The molecule has 0 unspecified atom stereocenters. The van der Waals surface area contributed by atoms with Crippen molar-refractivity contribution in [2.75, 3.05) is 32.2 Å². The molecule has 0 amide bonds. The number of hydrogen-bond donors (Lipinski definition) is 3. The van der Waals surface area contributed by atoms with Gasteiger partial charge in [-0.05, 0) is 38.0 Å². The van der Waals surface area contributed by atoms with Crippen LogP contribution in [-0.4, -0.2) is 68.1 Å². The van der Waals surface area contributed by atoms with Crippen LogP contribution in [0.25, 0.3) is 10.9 Å². The van der Waals surface area contributed by atoms with E-state index < -0.39 is 27.3 Å². The molecule has 1 saturated carbocycles. The molecule has 0 bridgehead atoms. The topological polar surface area (TPSA) is 161 Å². The first-order chi connectivity index (χ1) is 18.4. The average molecular weight is 564 g/mol. The van der Waals surface area contributed by atoms with Gasteiger partial charge in [-0.15, -0.1) is 0 Å². The first kappa shape index (κ1) is 28.5. The van der Waals surface area contributed by atoms with Gasteiger partial charge in [0.2, 0.25) is 5.43 Å². The predicted molar refractivity (Wildman–Crippen MR) is 142 cm³/mol. The second-order valence-electron chi connectivity index (χ2n) is 9.58. The van der Waals surface area contributed by atoms with Gasteiger partial charge in [0.15, 0.2) is 11.6 Å². The Hall–Kier alpha value is -3.52. The highest BCUT2D eigenvalue weighted by Crippen LogP contribution is 2.44. The molecule has 3 aromatic rings. The molecule has 2 heterocycles. The van der Waals surface area contributed by atoms with E-state index in [1.165, 1.54) is 25.4 Å². The van der Waals surface area contributed by atoms with Crippen molar-refractivity contribution >= 4 is 32.7 Å². The highest BCUT2D eigenvalue weighted by molar-refractivity contribution is 7.85. The number of benzene rings is 2. The van der Waals surface area contributed by atoms with Crippen molar-refractivity contribution < 1.29 is 36.7 Å². The molecule has 1 aromatic heterocycles. The number of hydrogen-bond acceptors (Lipinski definition) is 8. The van der Waals surface area contributed by atoms with Gasteiger partial charge in [0.25, 0.3) is 10.1 Å². The molecule has 0 spiro atoms. The van der Waals surface area contributed by atoms with Crippen molar-refractivity contribution in [2.24, 2.45) is 5.73 Å². The van der Waals surface area contributed by atoms with E-state index in [0.29, 0.717) is 18.6 Å². The molecular weight excluding hydrogens is 533 g/mol. The molecule has 2 aliphatic rings. The van der Waals surface area contributed by atoms with Crippen molar-refractivity contribution in [1.29, 1.82) is 0 Å². The normalized spacial score (nSPS) is 19.1. The molecule has 2 atom stereocenters. The van der Waals surface area contributed by atoms with Crippen molar-refractivity contribution in [3.8, 4) is 5.75 Å². The number of aromatic nitrogens is 1. The van der Waals surface area contributed by atoms with Crippen LogP contribution in [0.5, 0.6) is 5.75 Å². The Kier molecular flexibility index (Phi) is 7.98. The summed E-state index contributed by atoms with van der Waals surface area (Å²) in [5, 5.41) is 9.38. The first-order valence-corrected chi connectivity index (χ1v) is 13.6. The summed E-state index contributed by atoms with van der Waals surface area (Å²) in [6, 6.07) is 6.86. The number of carbonyl (C=O) groups is 1. The van der Waals surface area contributed by atoms with Crippen LogP contribution in [0.1, 0.15) is 34.8 Å². The van der Waals surface area contributed by atoms with Crippen molar-refractivity contribution in [1.82, 2.24) is 4.57 Å². The fourth-order valence-corrected chi connectivity index (χ4v) is 5.15. The summed E-state index contributed by atoms with van der Waals surface area (Å²) in [5.74, 6) is -1.78. The Bertz CT molecular complexity index is 1570. The van der Waals surface area contributed by atoms with Crippen LogP contribution in [0.4, 0.5) is 10.1 Å². The average Bonchev–Trinajstić information content (AvgIpc) is 3.65. The molecule has 13 heteroatoms. The van der Waals surface area contributed by atoms with E-state index >= 15 is 4.39 Å². The van der Waals surface area contributed by atoms with Crippen LogP contribution in [0.3, 0.4) is 0 Å². The van der Waals surface area contributed by atoms with Gasteiger partial charge in [-0.3, -0.25) is 9.35 Å². The fourth-order valence-electron chi connectivity index (χ4n) is 4.67. The zero-order chi connectivity index (χ0) is 28.6. The Morgan fingerprint density at radius 3 is 2.28 bits per heavy atom. The molecule has 1 saturated heterocycles. The van der Waals surface area contributed by atoms with E-state index in [2.05, 4.69) is 0 Å². The number of aryl methyl sites for hydroxylation is 1. The Labute approximate surface area is 224 Å². The minimum absolute atomic E-state index is 0.00307. The fraction of sp³-hybridized carbons (Fsp3) is 0.385. The largest absolute Gasteiger partial charge is 0.492 e. The molecule has 4 N–H and O–H groups in total. The summed E-state index contributed by atoms with van der Waals surface area (Å²) in [4.78, 5) is 25.9. The Balaban J connectivity index is 0.000000270. The van der Waals surface area contributed by atoms with Crippen LogP contribution in [0, 0.1) is 12.7 Å². The number of rotatable bonds is 6. The van der Waals surface area contributed by atoms with Crippen molar-refractivity contribution in [2.45, 2.75) is 42.8 Å². The number of fused-ring (bicyclic) bond motifs is 1. The molecule has 2 fully saturated rings. The third-order valence-corrected chi connectivity index (χ3v) is 7.69. The molecule has 5 rings (SSSR count). The molecule has 210 valence electrons. The van der Waals surface area contributed by atoms with Crippen LogP contribution in [0.15, 0.2) is 46.2 Å². The van der Waals surface area contributed by atoms with Crippen molar-refractivity contribution in [3.05, 3.63) is 63.7 Å². The lowest BCUT2D eigenvalue weighted by atomic mass is 10.1. The molecule has 1 aliphatic carbocycles. The monoisotopic (exact) mass is 563 g/mol. The number of nitrogens with two attached hydrogens (primary N) is 1. The summed E-state index contributed by atoms with van der Waals surface area (Å²) in [7, 11) is -1.05. The minimum atomic E-state index is -4.02. The summed E-state index contributed by atoms with van der Waals surface area (Å²) in [5.41, 5.74) is 6.56. The second-order valence-corrected chi connectivity index (χ2v) is 11.0. The van der Waals surface area contributed by atoms with E-state index in [0.717, 1.165) is 24.5 Å². The smallest absolute Gasteiger partial charge is 0.341 e. The number of carboxylic acids is 1. The summed E-state index contributed by atoms with van der Waals surface area (Å²) in [6.07, 6.45) is 2.79. The SMILES string of the molecule is COc1c(N2C[C@@H](N)[C@@H](OC)C2)c(F)cc2c(=O)c(C(=O)O)cn(C3CC3)c12.Cc1ccc(S(=O)(=O)O)cc1. The predicted octanol–water partition coefficient (Wildman–Crippen LogP) is 2.59. The van der Waals surface area contributed by atoms with Gasteiger partial charge in [0.1, 0.15) is 11.3 Å². The molecule has 11 nitrogen and oxygen atoms in total. The quantitative estimate of drug-likeness (QED) is 0.380. The molecule has 2 aromatic carbocycles. The zero-order valence-corrected chi connectivity index (χ0v) is 22.4. The van der Waals surface area contributed by atoms with Gasteiger partial charge >= 0.3 is 5.97 Å². The third-order valence-electron chi connectivity index (χ3n) is 6.82. The number of aromatic carboxylic acids is 1. The van der Waals surface area contributed by atoms with E-state index in [9.17, 15) is 23.1 Å². The van der Waals surface area contributed by atoms with Gasteiger partial charge in [-0.2, -0.15) is 8.42 Å². The van der Waals surface area contributed by atoms with E-state index in [4.69, 9.17) is 19.8 Å². The highest BCUT2D eigenvalue weighted by atomic mass is 32.2. The van der Waals surface area contributed by atoms with Gasteiger partial charge in [-0.25, -0.2) is 9.18 Å². The van der Waals surface area contributed by atoms with Gasteiger partial charge < -0.3 is 29.8 Å². The van der Waals surface area contributed by atoms with Gasteiger partial charge in [-0.1, -0.05) is 17.7 Å². The van der Waals surface area contributed by atoms with Crippen LogP contribution in [-0.2, 0) is 14.9 Å². The third kappa shape index (κ3) is 5.76. The zero-order valence-electron chi connectivity index (χ0n) is 21.6. The number of methoxy groups -OCH3 is 2. The van der Waals surface area contributed by atoms with E-state index in [1.54, 1.807) is 28.7 Å². The maximum absolute atomic E-state index is 15.1. The standard InChI is InChI=1S/C19H22FN3O5.C7H8O3S/c1-27-14-8-22(7-13(14)21)16-12(20)5-10-15(18(16)28-2)23(9-3-4-9)6-11(17(10)24)19(25)26;1-6-2-4-7(5-3-6)11(8,9)10/h5-6,9,13-14H,3-4,7-8,21H2,1-2H3,(H,25,26);2-5H,1H3,(H,8,9,10)/t13-,14+;/m1./s1. The number of ether oxygens (including phenoxy) is 2. The summed E-state index contributed by atoms with van der Waals surface area (Å²) in [6.45, 7) is 2.60. The first-order valence-electron chi connectivity index (χ1n) is 12.1. The highest BCUT2D eigenvalue weighted by Gasteiger charge is 2.36. The van der Waals surface area contributed by atoms with E-state index in [-0.39, 0.29) is 45.5 Å². The summed E-state index contributed by atoms with van der Waals surface area (Å²) >= 11 is 0. The maximum atomic E-state index is 15.1. The Morgan fingerprint density at radius 1 is 1.15 bits per heavy atom. The number of carboxylic acid groups (broad SMARTS) is 1. The van der Waals surface area contributed by atoms with Gasteiger partial charge in [0, 0.05) is 32.4 Å². The number of pyridine rings is 1. The minimum Gasteiger partial charge on any atom is -0.492 e. The maximum Gasteiger partial charge on any atom is 0.341 e. The number of halogens is 1. The van der Waals surface area contributed by atoms with Crippen LogP contribution < -0.4 is 20.8 Å². The second kappa shape index (κ2) is 10.9. The molecule has 39 heavy (non-hydrogen) atoms. The summed E-state index contributed by atoms with van der Waals surface area (Å²) < 4.78 is 57.3. The van der Waals surface area contributed by atoms with Gasteiger partial charge in [0.05, 0.1) is 35.1 Å². The molecular formula is C26H30FN3O8S. The number of anilines is 1. The molecule has 0 radical (unpaired) electrons. The lowest BCUT2D eigenvalue weighted by Crippen LogP contribution is -2.34. The Morgan fingerprint density at radius 2 is 1.79 bits per heavy atom. The lowest BCUT2D eigenvalue weighted by molar-refractivity contribution is 0.0694. The van der Waals surface area contributed by atoms with E-state index in [1.807, 2.05) is 6.92 Å². The van der Waals surface area contributed by atoms with Crippen LogP contribution in [0.2, 0.25) is 0 Å². The number of nitrogens with zero attached hydrogens (tertiary/aromatic N) is 2.